The van der Waals surface area contributed by atoms with Gasteiger partial charge < -0.3 is 14.8 Å². The van der Waals surface area contributed by atoms with Gasteiger partial charge in [0.2, 0.25) is 0 Å². The molecule has 1 atom stereocenters. The van der Waals surface area contributed by atoms with E-state index in [1.807, 2.05) is 19.1 Å². The van der Waals surface area contributed by atoms with Crippen LogP contribution in [0.15, 0.2) is 24.3 Å². The van der Waals surface area contributed by atoms with Gasteiger partial charge in [0, 0.05) is 31.9 Å². The fourth-order valence-corrected chi connectivity index (χ4v) is 2.53. The van der Waals surface area contributed by atoms with Crippen LogP contribution in [0.5, 0.6) is 5.75 Å². The van der Waals surface area contributed by atoms with Gasteiger partial charge >= 0.3 is 6.61 Å². The first-order valence-electron chi connectivity index (χ1n) is 7.32. The van der Waals surface area contributed by atoms with Crippen molar-refractivity contribution >= 4 is 0 Å². The summed E-state index contributed by atoms with van der Waals surface area (Å²) in [6.07, 6.45) is 3.44. The molecular formula is C16H23F2NO2. The van der Waals surface area contributed by atoms with Crippen molar-refractivity contribution in [2.45, 2.75) is 38.8 Å². The van der Waals surface area contributed by atoms with Crippen LogP contribution < -0.4 is 10.1 Å². The highest BCUT2D eigenvalue weighted by Gasteiger charge is 2.41. The maximum atomic E-state index is 12.4. The number of hydrogen-bond donors (Lipinski definition) is 1. The number of methoxy groups -OCH3 is 1. The van der Waals surface area contributed by atoms with Gasteiger partial charge in [-0.3, -0.25) is 0 Å². The molecule has 1 aliphatic carbocycles. The summed E-state index contributed by atoms with van der Waals surface area (Å²) < 4.78 is 34.6. The average molecular weight is 299 g/mol. The van der Waals surface area contributed by atoms with E-state index in [1.54, 1.807) is 19.2 Å². The van der Waals surface area contributed by atoms with Gasteiger partial charge in [-0.25, -0.2) is 0 Å². The number of ether oxygens (including phenoxy) is 2. The van der Waals surface area contributed by atoms with Crippen LogP contribution in [0.4, 0.5) is 8.78 Å². The van der Waals surface area contributed by atoms with Crippen LogP contribution in [-0.4, -0.2) is 26.9 Å². The number of nitrogens with one attached hydrogen (secondary N) is 1. The lowest BCUT2D eigenvalue weighted by Gasteiger charge is -2.22. The van der Waals surface area contributed by atoms with E-state index < -0.39 is 6.61 Å². The minimum atomic E-state index is -2.80. The van der Waals surface area contributed by atoms with E-state index in [1.165, 1.54) is 12.8 Å². The second-order valence-corrected chi connectivity index (χ2v) is 5.76. The topological polar surface area (TPSA) is 30.5 Å². The van der Waals surface area contributed by atoms with Gasteiger partial charge in [-0.2, -0.15) is 8.78 Å². The van der Waals surface area contributed by atoms with Crippen LogP contribution in [0.1, 0.15) is 37.8 Å². The zero-order chi connectivity index (χ0) is 15.3. The molecule has 0 amide bonds. The highest BCUT2D eigenvalue weighted by atomic mass is 19.3. The Bertz CT molecular complexity index is 450. The Hall–Kier alpha value is -1.20. The zero-order valence-electron chi connectivity index (χ0n) is 12.6. The van der Waals surface area contributed by atoms with Gasteiger partial charge in [0.1, 0.15) is 5.75 Å². The molecule has 1 aromatic carbocycles. The molecule has 1 fully saturated rings. The molecule has 1 aromatic rings. The van der Waals surface area contributed by atoms with Crippen LogP contribution in [0.3, 0.4) is 0 Å². The van der Waals surface area contributed by atoms with Gasteiger partial charge in [0.05, 0.1) is 0 Å². The SMILES string of the molecule is COCCC1(CNC(C)c2ccccc2OC(F)F)CC1. The number of alkyl halides is 2. The fourth-order valence-electron chi connectivity index (χ4n) is 2.53. The van der Waals surface area contributed by atoms with E-state index in [-0.39, 0.29) is 11.8 Å². The van der Waals surface area contributed by atoms with E-state index >= 15 is 0 Å². The molecular weight excluding hydrogens is 276 g/mol. The first-order valence-corrected chi connectivity index (χ1v) is 7.32. The van der Waals surface area contributed by atoms with Crippen molar-refractivity contribution in [3.8, 4) is 5.75 Å². The molecule has 21 heavy (non-hydrogen) atoms. The predicted molar refractivity (Wildman–Crippen MR) is 77.7 cm³/mol. The molecule has 1 N–H and O–H groups in total. The van der Waals surface area contributed by atoms with Crippen molar-refractivity contribution in [1.82, 2.24) is 5.32 Å². The Balaban J connectivity index is 1.93. The molecule has 3 nitrogen and oxygen atoms in total. The Kier molecular flexibility index (Phi) is 5.53. The molecule has 1 aliphatic rings. The average Bonchev–Trinajstić information content (AvgIpc) is 3.23. The predicted octanol–water partition coefficient (Wildman–Crippen LogP) is 3.76. The molecule has 0 radical (unpaired) electrons. The second kappa shape index (κ2) is 7.18. The van der Waals surface area contributed by atoms with E-state index in [0.29, 0.717) is 5.41 Å². The van der Waals surface area contributed by atoms with E-state index in [0.717, 1.165) is 25.1 Å². The van der Waals surface area contributed by atoms with Crippen LogP contribution in [0.25, 0.3) is 0 Å². The van der Waals surface area contributed by atoms with E-state index in [4.69, 9.17) is 4.74 Å². The summed E-state index contributed by atoms with van der Waals surface area (Å²) >= 11 is 0. The molecule has 0 aliphatic heterocycles. The molecule has 1 saturated carbocycles. The molecule has 1 unspecified atom stereocenters. The Labute approximate surface area is 124 Å². The summed E-state index contributed by atoms with van der Waals surface area (Å²) in [7, 11) is 1.71. The minimum absolute atomic E-state index is 0.0278. The van der Waals surface area contributed by atoms with Crippen molar-refractivity contribution in [2.75, 3.05) is 20.3 Å². The standard InChI is InChI=1S/C16H23F2NO2/c1-12(19-11-16(7-8-16)9-10-20-2)13-5-3-4-6-14(13)21-15(17)18/h3-6,12,15,19H,7-11H2,1-2H3. The lowest BCUT2D eigenvalue weighted by Crippen LogP contribution is -2.28. The summed E-state index contributed by atoms with van der Waals surface area (Å²) in [6, 6.07) is 6.92. The van der Waals surface area contributed by atoms with Crippen molar-refractivity contribution in [2.24, 2.45) is 5.41 Å². The molecule has 0 spiro atoms. The van der Waals surface area contributed by atoms with Crippen LogP contribution in [-0.2, 0) is 4.74 Å². The monoisotopic (exact) mass is 299 g/mol. The normalized spacial score (nSPS) is 17.8. The third-order valence-corrected chi connectivity index (χ3v) is 4.18. The highest BCUT2D eigenvalue weighted by Crippen LogP contribution is 2.48. The Morgan fingerprint density at radius 1 is 1.29 bits per heavy atom. The van der Waals surface area contributed by atoms with Gasteiger partial charge in [-0.05, 0) is 37.7 Å². The first kappa shape index (κ1) is 16.2. The summed E-state index contributed by atoms with van der Waals surface area (Å²) in [5.41, 5.74) is 1.09. The summed E-state index contributed by atoms with van der Waals surface area (Å²) in [6.45, 7) is 0.816. The van der Waals surface area contributed by atoms with Crippen molar-refractivity contribution in [1.29, 1.82) is 0 Å². The smallest absolute Gasteiger partial charge is 0.387 e. The van der Waals surface area contributed by atoms with E-state index in [9.17, 15) is 8.78 Å². The second-order valence-electron chi connectivity index (χ2n) is 5.76. The van der Waals surface area contributed by atoms with Crippen LogP contribution >= 0.6 is 0 Å². The molecule has 2 rings (SSSR count). The maximum absolute atomic E-state index is 12.4. The lowest BCUT2D eigenvalue weighted by molar-refractivity contribution is -0.0506. The highest BCUT2D eigenvalue weighted by molar-refractivity contribution is 5.35. The Morgan fingerprint density at radius 3 is 2.62 bits per heavy atom. The van der Waals surface area contributed by atoms with E-state index in [2.05, 4.69) is 10.1 Å². The Morgan fingerprint density at radius 2 is 2.00 bits per heavy atom. The summed E-state index contributed by atoms with van der Waals surface area (Å²) in [5, 5.41) is 3.44. The first-order chi connectivity index (χ1) is 10.1. The maximum Gasteiger partial charge on any atom is 0.387 e. The minimum Gasteiger partial charge on any atom is -0.434 e. The summed E-state index contributed by atoms with van der Waals surface area (Å²) in [4.78, 5) is 0. The molecule has 5 heteroatoms. The summed E-state index contributed by atoms with van der Waals surface area (Å²) in [5.74, 6) is 0.245. The molecule has 0 heterocycles. The fraction of sp³-hybridized carbons (Fsp3) is 0.625. The van der Waals surface area contributed by atoms with Crippen molar-refractivity contribution in [3.05, 3.63) is 29.8 Å². The molecule has 0 saturated heterocycles. The number of hydrogen-bond acceptors (Lipinski definition) is 3. The lowest BCUT2D eigenvalue weighted by atomic mass is 10.0. The van der Waals surface area contributed by atoms with Crippen LogP contribution in [0.2, 0.25) is 0 Å². The van der Waals surface area contributed by atoms with Crippen LogP contribution in [0, 0.1) is 5.41 Å². The number of halogens is 2. The molecule has 0 bridgehead atoms. The largest absolute Gasteiger partial charge is 0.434 e. The zero-order valence-corrected chi connectivity index (χ0v) is 12.6. The number of benzene rings is 1. The quantitative estimate of drug-likeness (QED) is 0.753. The third kappa shape index (κ3) is 4.64. The van der Waals surface area contributed by atoms with Crippen molar-refractivity contribution in [3.63, 3.8) is 0 Å². The molecule has 118 valence electrons. The third-order valence-electron chi connectivity index (χ3n) is 4.18. The van der Waals surface area contributed by atoms with Gasteiger partial charge in [-0.15, -0.1) is 0 Å². The molecule has 0 aromatic heterocycles. The van der Waals surface area contributed by atoms with Gasteiger partial charge in [0.15, 0.2) is 0 Å². The van der Waals surface area contributed by atoms with Gasteiger partial charge in [-0.1, -0.05) is 18.2 Å². The van der Waals surface area contributed by atoms with Crippen molar-refractivity contribution < 1.29 is 18.3 Å². The number of para-hydroxylation sites is 1. The van der Waals surface area contributed by atoms with Gasteiger partial charge in [0.25, 0.3) is 0 Å². The number of rotatable bonds is 9.